The first-order valence-corrected chi connectivity index (χ1v) is 7.15. The van der Waals surface area contributed by atoms with E-state index >= 15 is 0 Å². The van der Waals surface area contributed by atoms with E-state index in [1.165, 1.54) is 4.90 Å². The zero-order valence-corrected chi connectivity index (χ0v) is 11.4. The highest BCUT2D eigenvalue weighted by atomic mass is 19.3. The monoisotopic (exact) mass is 290 g/mol. The first kappa shape index (κ1) is 14.2. The molecule has 3 aliphatic rings. The van der Waals surface area contributed by atoms with Crippen LogP contribution < -0.4 is 0 Å². The van der Waals surface area contributed by atoms with Crippen molar-refractivity contribution in [1.82, 2.24) is 9.80 Å². The number of carbonyl (C=O) groups excluding carboxylic acids is 1. The number of halogens is 2. The van der Waals surface area contributed by atoms with Gasteiger partial charge in [-0.1, -0.05) is 0 Å². The number of ether oxygens (including phenoxy) is 1. The number of carbonyl (C=O) groups is 1. The van der Waals surface area contributed by atoms with Crippen LogP contribution in [0.15, 0.2) is 0 Å². The van der Waals surface area contributed by atoms with Crippen molar-refractivity contribution < 1.29 is 23.4 Å². The van der Waals surface area contributed by atoms with Crippen LogP contribution in [0.1, 0.15) is 19.3 Å². The molecule has 1 atom stereocenters. The number of fused-ring (bicyclic) bond motifs is 1. The summed E-state index contributed by atoms with van der Waals surface area (Å²) in [5.74, 6) is -4.91. The van der Waals surface area contributed by atoms with Gasteiger partial charge in [0.25, 0.3) is 5.91 Å². The molecule has 114 valence electrons. The quantitative estimate of drug-likeness (QED) is 0.782. The minimum Gasteiger partial charge on any atom is -0.383 e. The Morgan fingerprint density at radius 2 is 2.05 bits per heavy atom. The number of alkyl halides is 2. The molecule has 2 saturated heterocycles. The van der Waals surface area contributed by atoms with Gasteiger partial charge in [-0.3, -0.25) is 9.69 Å². The Morgan fingerprint density at radius 1 is 1.30 bits per heavy atom. The number of morpholine rings is 1. The summed E-state index contributed by atoms with van der Waals surface area (Å²) in [6.07, 6.45) is 0.542. The fourth-order valence-electron chi connectivity index (χ4n) is 3.15. The molecule has 20 heavy (non-hydrogen) atoms. The zero-order valence-electron chi connectivity index (χ0n) is 11.4. The zero-order chi connectivity index (χ0) is 14.4. The van der Waals surface area contributed by atoms with Crippen molar-refractivity contribution in [3.63, 3.8) is 0 Å². The minimum absolute atomic E-state index is 0.00174. The summed E-state index contributed by atoms with van der Waals surface area (Å²) in [4.78, 5) is 15.4. The molecular weight excluding hydrogens is 270 g/mol. The maximum Gasteiger partial charge on any atom is 0.352 e. The molecule has 3 fully saturated rings. The third-order valence-electron chi connectivity index (χ3n) is 4.76. The number of rotatable bonds is 2. The lowest BCUT2D eigenvalue weighted by molar-refractivity contribution is -0.225. The molecule has 1 aliphatic carbocycles. The molecule has 2 aliphatic heterocycles. The Balaban J connectivity index is 1.68. The lowest BCUT2D eigenvalue weighted by atomic mass is 9.75. The van der Waals surface area contributed by atoms with Crippen LogP contribution >= 0.6 is 0 Å². The Morgan fingerprint density at radius 3 is 2.70 bits per heavy atom. The third kappa shape index (κ3) is 2.12. The Hall–Kier alpha value is -0.790. The van der Waals surface area contributed by atoms with Gasteiger partial charge in [0.05, 0.1) is 19.3 Å². The molecule has 5 nitrogen and oxygen atoms in total. The highest BCUT2D eigenvalue weighted by Crippen LogP contribution is 2.45. The van der Waals surface area contributed by atoms with Gasteiger partial charge in [0, 0.05) is 26.2 Å². The number of aliphatic hydroxyl groups is 1. The second kappa shape index (κ2) is 4.89. The van der Waals surface area contributed by atoms with E-state index in [0.29, 0.717) is 32.7 Å². The SMILES string of the molecule is O=C(N1CCN2CCOCC2C1)C(F)(F)C1(O)CCC1. The molecule has 0 radical (unpaired) electrons. The van der Waals surface area contributed by atoms with E-state index in [0.717, 1.165) is 6.54 Å². The summed E-state index contributed by atoms with van der Waals surface area (Å²) >= 11 is 0. The van der Waals surface area contributed by atoms with Gasteiger partial charge in [-0.05, 0) is 19.3 Å². The number of nitrogens with zero attached hydrogens (tertiary/aromatic N) is 2. The summed E-state index contributed by atoms with van der Waals surface area (Å²) < 4.78 is 33.7. The van der Waals surface area contributed by atoms with Crippen LogP contribution in [-0.4, -0.2) is 77.8 Å². The normalized spacial score (nSPS) is 30.6. The van der Waals surface area contributed by atoms with E-state index < -0.39 is 17.4 Å². The van der Waals surface area contributed by atoms with Crippen molar-refractivity contribution in [3.8, 4) is 0 Å². The second-order valence-electron chi connectivity index (χ2n) is 5.98. The van der Waals surface area contributed by atoms with Gasteiger partial charge in [-0.15, -0.1) is 0 Å². The lowest BCUT2D eigenvalue weighted by Gasteiger charge is -2.47. The summed E-state index contributed by atoms with van der Waals surface area (Å²) in [6, 6.07) is -0.00622. The van der Waals surface area contributed by atoms with Gasteiger partial charge in [-0.2, -0.15) is 8.78 Å². The van der Waals surface area contributed by atoms with Gasteiger partial charge in [-0.25, -0.2) is 0 Å². The number of amides is 1. The molecule has 3 rings (SSSR count). The third-order valence-corrected chi connectivity index (χ3v) is 4.76. The van der Waals surface area contributed by atoms with Crippen LogP contribution in [0.4, 0.5) is 8.78 Å². The summed E-state index contributed by atoms with van der Waals surface area (Å²) in [5, 5.41) is 9.84. The van der Waals surface area contributed by atoms with E-state index in [9.17, 15) is 18.7 Å². The van der Waals surface area contributed by atoms with Crippen LogP contribution in [-0.2, 0) is 9.53 Å². The van der Waals surface area contributed by atoms with Crippen LogP contribution in [0.25, 0.3) is 0 Å². The predicted octanol–water partition coefficient (Wildman–Crippen LogP) is 0.0797. The number of piperazine rings is 1. The molecule has 0 aromatic carbocycles. The number of hydrogen-bond acceptors (Lipinski definition) is 4. The standard InChI is InChI=1S/C13H20F2N2O3/c14-13(15,12(19)2-1-3-12)11(18)17-5-4-16-6-7-20-9-10(16)8-17/h10,19H,1-9H2. The van der Waals surface area contributed by atoms with Crippen LogP contribution in [0.3, 0.4) is 0 Å². The van der Waals surface area contributed by atoms with Gasteiger partial charge in [0.2, 0.25) is 0 Å². The van der Waals surface area contributed by atoms with E-state index in [4.69, 9.17) is 4.74 Å². The van der Waals surface area contributed by atoms with Crippen LogP contribution in [0.5, 0.6) is 0 Å². The summed E-state index contributed by atoms with van der Waals surface area (Å²) in [5.41, 5.74) is -2.13. The Kier molecular flexibility index (Phi) is 3.46. The molecule has 7 heteroatoms. The molecular formula is C13H20F2N2O3. The Labute approximate surface area is 116 Å². The van der Waals surface area contributed by atoms with Crippen molar-refractivity contribution in [2.45, 2.75) is 36.8 Å². The maximum atomic E-state index is 14.2. The molecule has 1 saturated carbocycles. The molecule has 1 amide bonds. The first-order valence-electron chi connectivity index (χ1n) is 7.15. The van der Waals surface area contributed by atoms with Gasteiger partial charge in [0.1, 0.15) is 5.60 Å². The molecule has 1 N–H and O–H groups in total. The van der Waals surface area contributed by atoms with Gasteiger partial charge < -0.3 is 14.7 Å². The average molecular weight is 290 g/mol. The highest BCUT2D eigenvalue weighted by Gasteiger charge is 2.62. The number of hydrogen-bond donors (Lipinski definition) is 1. The maximum absolute atomic E-state index is 14.2. The van der Waals surface area contributed by atoms with Crippen molar-refractivity contribution in [1.29, 1.82) is 0 Å². The largest absolute Gasteiger partial charge is 0.383 e. The first-order chi connectivity index (χ1) is 9.44. The van der Waals surface area contributed by atoms with E-state index in [2.05, 4.69) is 4.90 Å². The summed E-state index contributed by atoms with van der Waals surface area (Å²) in [7, 11) is 0. The smallest absolute Gasteiger partial charge is 0.352 e. The van der Waals surface area contributed by atoms with Gasteiger partial charge >= 0.3 is 5.92 Å². The topological polar surface area (TPSA) is 53.0 Å². The van der Waals surface area contributed by atoms with Crippen LogP contribution in [0, 0.1) is 0 Å². The van der Waals surface area contributed by atoms with E-state index in [1.807, 2.05) is 0 Å². The van der Waals surface area contributed by atoms with Crippen molar-refractivity contribution in [2.24, 2.45) is 0 Å². The predicted molar refractivity (Wildman–Crippen MR) is 66.5 cm³/mol. The van der Waals surface area contributed by atoms with Crippen molar-refractivity contribution >= 4 is 5.91 Å². The van der Waals surface area contributed by atoms with E-state index in [1.54, 1.807) is 0 Å². The molecule has 0 aromatic heterocycles. The Bertz CT molecular complexity index is 401. The molecule has 0 aromatic rings. The average Bonchev–Trinajstić information content (AvgIpc) is 2.43. The van der Waals surface area contributed by atoms with E-state index in [-0.39, 0.29) is 25.4 Å². The van der Waals surface area contributed by atoms with Crippen molar-refractivity contribution in [3.05, 3.63) is 0 Å². The highest BCUT2D eigenvalue weighted by molar-refractivity contribution is 5.85. The molecule has 1 unspecified atom stereocenters. The summed E-state index contributed by atoms with van der Waals surface area (Å²) in [6.45, 7) is 3.05. The fourth-order valence-corrected chi connectivity index (χ4v) is 3.15. The van der Waals surface area contributed by atoms with Gasteiger partial charge in [0.15, 0.2) is 0 Å². The minimum atomic E-state index is -3.68. The lowest BCUT2D eigenvalue weighted by Crippen LogP contribution is -2.66. The second-order valence-corrected chi connectivity index (χ2v) is 5.98. The van der Waals surface area contributed by atoms with Crippen LogP contribution in [0.2, 0.25) is 0 Å². The van der Waals surface area contributed by atoms with Crippen molar-refractivity contribution in [2.75, 3.05) is 39.4 Å². The molecule has 2 heterocycles. The molecule has 0 spiro atoms. The fraction of sp³-hybridized carbons (Fsp3) is 0.923. The molecule has 0 bridgehead atoms.